The van der Waals surface area contributed by atoms with Gasteiger partial charge >= 0.3 is 0 Å². The first-order valence-corrected chi connectivity index (χ1v) is 3.42. The van der Waals surface area contributed by atoms with Gasteiger partial charge in [0.25, 0.3) is 0 Å². The first kappa shape index (κ1) is 6.78. The largest absolute Gasteiger partial charge is 0.311 e. The molecular weight excluding hydrogens is 112 g/mol. The lowest BCUT2D eigenvalue weighted by molar-refractivity contribution is 0.397. The Morgan fingerprint density at radius 2 is 2.22 bits per heavy atom. The van der Waals surface area contributed by atoms with Gasteiger partial charge in [-0.2, -0.15) is 0 Å². The molecule has 0 aromatic heterocycles. The first-order valence-electron chi connectivity index (χ1n) is 3.42. The summed E-state index contributed by atoms with van der Waals surface area (Å²) in [5.41, 5.74) is 0. The van der Waals surface area contributed by atoms with Gasteiger partial charge in [-0.25, -0.2) is 0 Å². The van der Waals surface area contributed by atoms with Crippen molar-refractivity contribution >= 4 is 0 Å². The zero-order valence-corrected chi connectivity index (χ0v) is 5.85. The highest BCUT2D eigenvalue weighted by Crippen LogP contribution is 1.91. The van der Waals surface area contributed by atoms with Gasteiger partial charge in [-0.15, -0.1) is 6.58 Å². The predicted molar refractivity (Wildman–Crippen MR) is 39.5 cm³/mol. The van der Waals surface area contributed by atoms with Crippen LogP contribution in [-0.2, 0) is 0 Å². The topological polar surface area (TPSA) is 24.1 Å². The van der Waals surface area contributed by atoms with Gasteiger partial charge in [-0.05, 0) is 6.92 Å². The minimum Gasteiger partial charge on any atom is -0.311 e. The van der Waals surface area contributed by atoms with Gasteiger partial charge in [-0.1, -0.05) is 6.08 Å². The van der Waals surface area contributed by atoms with Crippen LogP contribution in [0.25, 0.3) is 0 Å². The molecule has 0 radical (unpaired) electrons. The molecule has 2 N–H and O–H groups in total. The van der Waals surface area contributed by atoms with E-state index < -0.39 is 0 Å². The second-order valence-electron chi connectivity index (χ2n) is 2.56. The van der Waals surface area contributed by atoms with E-state index in [2.05, 4.69) is 24.1 Å². The predicted octanol–water partition coefficient (Wildman–Crippen LogP) is 0.122. The number of piperazine rings is 1. The first-order chi connectivity index (χ1) is 4.33. The Morgan fingerprint density at radius 3 is 2.67 bits per heavy atom. The summed E-state index contributed by atoms with van der Waals surface area (Å²) in [6.45, 7) is 7.95. The zero-order valence-electron chi connectivity index (χ0n) is 5.85. The normalized spacial score (nSPS) is 36.1. The van der Waals surface area contributed by atoms with Gasteiger partial charge in [0.1, 0.15) is 0 Å². The minimum atomic E-state index is 0.473. The fraction of sp³-hybridized carbons (Fsp3) is 0.714. The summed E-state index contributed by atoms with van der Waals surface area (Å²) in [5, 5.41) is 6.69. The van der Waals surface area contributed by atoms with Gasteiger partial charge in [-0.3, -0.25) is 0 Å². The van der Waals surface area contributed by atoms with Crippen molar-refractivity contribution in [1.82, 2.24) is 10.6 Å². The van der Waals surface area contributed by atoms with Crippen molar-refractivity contribution in [3.05, 3.63) is 12.7 Å². The number of hydrogen-bond acceptors (Lipinski definition) is 2. The fourth-order valence-electron chi connectivity index (χ4n) is 0.967. The molecule has 0 bridgehead atoms. The van der Waals surface area contributed by atoms with Crippen molar-refractivity contribution in [2.75, 3.05) is 13.1 Å². The summed E-state index contributed by atoms with van der Waals surface area (Å²) < 4.78 is 0. The Labute approximate surface area is 56.3 Å². The summed E-state index contributed by atoms with van der Waals surface area (Å²) in [6, 6.07) is 1.09. The minimum absolute atomic E-state index is 0.473. The van der Waals surface area contributed by atoms with Gasteiger partial charge in [0.2, 0.25) is 0 Å². The second-order valence-corrected chi connectivity index (χ2v) is 2.56. The molecule has 9 heavy (non-hydrogen) atoms. The van der Waals surface area contributed by atoms with Gasteiger partial charge in [0, 0.05) is 25.2 Å². The maximum Gasteiger partial charge on any atom is 0.0374 e. The smallest absolute Gasteiger partial charge is 0.0374 e. The molecule has 52 valence electrons. The molecule has 0 aromatic carbocycles. The molecule has 2 nitrogen and oxygen atoms in total. The molecule has 1 saturated heterocycles. The monoisotopic (exact) mass is 126 g/mol. The highest BCUT2D eigenvalue weighted by Gasteiger charge is 2.12. The van der Waals surface area contributed by atoms with E-state index in [0.717, 1.165) is 13.1 Å². The molecule has 0 aliphatic carbocycles. The molecule has 0 saturated carbocycles. The van der Waals surface area contributed by atoms with Crippen molar-refractivity contribution < 1.29 is 0 Å². The van der Waals surface area contributed by atoms with E-state index in [4.69, 9.17) is 0 Å². The molecule has 1 fully saturated rings. The average Bonchev–Trinajstić information content (AvgIpc) is 1.90. The molecule has 0 aromatic rings. The van der Waals surface area contributed by atoms with Crippen molar-refractivity contribution in [3.8, 4) is 0 Å². The van der Waals surface area contributed by atoms with E-state index in [1.165, 1.54) is 0 Å². The van der Waals surface area contributed by atoms with Crippen LogP contribution in [0.5, 0.6) is 0 Å². The molecule has 2 heteroatoms. The summed E-state index contributed by atoms with van der Waals surface area (Å²) in [4.78, 5) is 0. The lowest BCUT2D eigenvalue weighted by Crippen LogP contribution is -2.52. The average molecular weight is 126 g/mol. The van der Waals surface area contributed by atoms with Gasteiger partial charge in [0.05, 0.1) is 0 Å². The highest BCUT2D eigenvalue weighted by molar-refractivity contribution is 4.91. The summed E-state index contributed by atoms with van der Waals surface area (Å²) in [6.07, 6.45) is 1.94. The van der Waals surface area contributed by atoms with Crippen molar-refractivity contribution in [1.29, 1.82) is 0 Å². The third-order valence-corrected chi connectivity index (χ3v) is 1.66. The molecule has 1 rings (SSSR count). The van der Waals surface area contributed by atoms with E-state index in [9.17, 15) is 0 Å². The standard InChI is InChI=1S/C7H14N2/c1-3-7-5-8-6(2)4-9-7/h3,6-9H,1,4-5H2,2H3/t6-,7+/m0/s1. The summed E-state index contributed by atoms with van der Waals surface area (Å²) >= 11 is 0. The Morgan fingerprint density at radius 1 is 1.44 bits per heavy atom. The van der Waals surface area contributed by atoms with Crippen LogP contribution in [0.3, 0.4) is 0 Å². The lowest BCUT2D eigenvalue weighted by atomic mass is 10.2. The van der Waals surface area contributed by atoms with Crippen LogP contribution in [-0.4, -0.2) is 25.2 Å². The van der Waals surface area contributed by atoms with Crippen LogP contribution in [0.1, 0.15) is 6.92 Å². The van der Waals surface area contributed by atoms with E-state index in [-0.39, 0.29) is 0 Å². The molecule has 0 amide bonds. The Bertz CT molecular complexity index is 93.1. The van der Waals surface area contributed by atoms with Crippen LogP contribution in [0, 0.1) is 0 Å². The Kier molecular flexibility index (Phi) is 2.25. The van der Waals surface area contributed by atoms with Crippen LogP contribution in [0.2, 0.25) is 0 Å². The van der Waals surface area contributed by atoms with E-state index >= 15 is 0 Å². The van der Waals surface area contributed by atoms with Gasteiger partial charge < -0.3 is 10.6 Å². The molecule has 1 aliphatic heterocycles. The molecule has 2 atom stereocenters. The van der Waals surface area contributed by atoms with Gasteiger partial charge in [0.15, 0.2) is 0 Å². The second kappa shape index (κ2) is 2.99. The van der Waals surface area contributed by atoms with Crippen molar-refractivity contribution in [2.45, 2.75) is 19.0 Å². The third kappa shape index (κ3) is 1.80. The molecule has 0 unspecified atom stereocenters. The van der Waals surface area contributed by atoms with E-state index in [1.54, 1.807) is 0 Å². The SMILES string of the molecule is C=C[C@@H]1CN[C@@H](C)CN1. The van der Waals surface area contributed by atoms with E-state index in [0.29, 0.717) is 12.1 Å². The lowest BCUT2D eigenvalue weighted by Gasteiger charge is -2.26. The number of hydrogen-bond donors (Lipinski definition) is 2. The quantitative estimate of drug-likeness (QED) is 0.488. The zero-order chi connectivity index (χ0) is 6.69. The summed E-state index contributed by atoms with van der Waals surface area (Å²) in [5.74, 6) is 0. The van der Waals surface area contributed by atoms with Crippen LogP contribution in [0.4, 0.5) is 0 Å². The van der Waals surface area contributed by atoms with E-state index in [1.807, 2.05) is 6.08 Å². The molecule has 0 spiro atoms. The number of rotatable bonds is 1. The van der Waals surface area contributed by atoms with Crippen molar-refractivity contribution in [2.24, 2.45) is 0 Å². The maximum atomic E-state index is 3.71. The van der Waals surface area contributed by atoms with Crippen LogP contribution >= 0.6 is 0 Å². The Hall–Kier alpha value is -0.340. The summed E-state index contributed by atoms with van der Waals surface area (Å²) in [7, 11) is 0. The fourth-order valence-corrected chi connectivity index (χ4v) is 0.967. The molecule has 1 heterocycles. The van der Waals surface area contributed by atoms with Crippen molar-refractivity contribution in [3.63, 3.8) is 0 Å². The third-order valence-electron chi connectivity index (χ3n) is 1.66. The maximum absolute atomic E-state index is 3.71. The molecular formula is C7H14N2. The molecule has 1 aliphatic rings. The number of nitrogens with one attached hydrogen (secondary N) is 2. The Balaban J connectivity index is 2.26. The van der Waals surface area contributed by atoms with Crippen LogP contribution < -0.4 is 10.6 Å². The highest BCUT2D eigenvalue weighted by atomic mass is 15.1. The van der Waals surface area contributed by atoms with Crippen LogP contribution in [0.15, 0.2) is 12.7 Å².